The molecule has 1 aliphatic carbocycles. The van der Waals surface area contributed by atoms with Gasteiger partial charge in [-0.25, -0.2) is 0 Å². The predicted molar refractivity (Wildman–Crippen MR) is 116 cm³/mol. The van der Waals surface area contributed by atoms with Crippen LogP contribution >= 0.6 is 11.3 Å². The minimum absolute atomic E-state index is 0.0432. The third-order valence-corrected chi connectivity index (χ3v) is 6.48. The van der Waals surface area contributed by atoms with Crippen molar-refractivity contribution >= 4 is 22.9 Å². The molecule has 1 aromatic heterocycles. The molecule has 28 heavy (non-hydrogen) atoms. The second-order valence-corrected chi connectivity index (χ2v) is 9.30. The Bertz CT molecular complexity index is 835. The topological polar surface area (TPSA) is 47.6 Å². The Morgan fingerprint density at radius 2 is 1.89 bits per heavy atom. The molecule has 1 amide bonds. The molecule has 1 heterocycles. The summed E-state index contributed by atoms with van der Waals surface area (Å²) in [6.45, 7) is 11.9. The molecule has 1 aromatic carbocycles. The second-order valence-electron chi connectivity index (χ2n) is 8.34. The first-order valence-electron chi connectivity index (χ1n) is 10.1. The smallest absolute Gasteiger partial charge is 0.256 e. The Hall–Kier alpha value is -2.01. The quantitative estimate of drug-likeness (QED) is 0.651. The number of hydrogen-bond acceptors (Lipinski definition) is 4. The summed E-state index contributed by atoms with van der Waals surface area (Å²) in [7, 11) is 0. The van der Waals surface area contributed by atoms with Crippen molar-refractivity contribution < 1.29 is 14.3 Å². The number of amides is 1. The fraction of sp³-hybridized carbons (Fsp3) is 0.522. The summed E-state index contributed by atoms with van der Waals surface area (Å²) in [6.07, 6.45) is 3.20. The van der Waals surface area contributed by atoms with Gasteiger partial charge in [0.15, 0.2) is 11.5 Å². The molecular formula is C23H31NO3S. The molecule has 0 saturated carbocycles. The number of carbonyl (C=O) groups is 1. The van der Waals surface area contributed by atoms with E-state index in [0.29, 0.717) is 36.0 Å². The Labute approximate surface area is 172 Å². The van der Waals surface area contributed by atoms with Crippen molar-refractivity contribution in [3.8, 4) is 11.5 Å². The highest BCUT2D eigenvalue weighted by Gasteiger charge is 2.31. The average Bonchev–Trinajstić information content (AvgIpc) is 3.07. The number of nitrogens with one attached hydrogen (secondary N) is 1. The number of anilines is 1. The van der Waals surface area contributed by atoms with E-state index in [9.17, 15) is 4.79 Å². The van der Waals surface area contributed by atoms with Gasteiger partial charge < -0.3 is 14.8 Å². The first-order valence-corrected chi connectivity index (χ1v) is 11.0. The van der Waals surface area contributed by atoms with Crippen molar-refractivity contribution in [1.29, 1.82) is 0 Å². The predicted octanol–water partition coefficient (Wildman–Crippen LogP) is 5.95. The van der Waals surface area contributed by atoms with Crippen LogP contribution in [-0.4, -0.2) is 19.1 Å². The lowest BCUT2D eigenvalue weighted by molar-refractivity contribution is 0.102. The van der Waals surface area contributed by atoms with Crippen LogP contribution < -0.4 is 14.8 Å². The van der Waals surface area contributed by atoms with Crippen LogP contribution in [0.2, 0.25) is 0 Å². The van der Waals surface area contributed by atoms with Crippen LogP contribution in [0.3, 0.4) is 0 Å². The molecule has 0 radical (unpaired) electrons. The van der Waals surface area contributed by atoms with Crippen LogP contribution in [0.1, 0.15) is 61.8 Å². The molecule has 1 unspecified atom stereocenters. The Balaban J connectivity index is 1.76. The summed E-state index contributed by atoms with van der Waals surface area (Å²) >= 11 is 1.73. The molecule has 1 atom stereocenters. The average molecular weight is 402 g/mol. The number of fused-ring (bicyclic) bond motifs is 1. The molecule has 1 N–H and O–H groups in total. The van der Waals surface area contributed by atoms with Crippen LogP contribution in [0.4, 0.5) is 5.69 Å². The van der Waals surface area contributed by atoms with Gasteiger partial charge in [0.25, 0.3) is 5.91 Å². The zero-order valence-corrected chi connectivity index (χ0v) is 18.4. The number of hydrogen-bond donors (Lipinski definition) is 1. The van der Waals surface area contributed by atoms with E-state index in [0.717, 1.165) is 30.5 Å². The lowest BCUT2D eigenvalue weighted by Crippen LogP contribution is -2.27. The normalized spacial score (nSPS) is 16.4. The number of benzene rings is 1. The minimum Gasteiger partial charge on any atom is -0.490 e. The van der Waals surface area contributed by atoms with Gasteiger partial charge >= 0.3 is 0 Å². The van der Waals surface area contributed by atoms with E-state index in [1.807, 2.05) is 37.4 Å². The van der Waals surface area contributed by atoms with E-state index >= 15 is 0 Å². The summed E-state index contributed by atoms with van der Waals surface area (Å²) < 4.78 is 11.3. The standard InChI is InChI=1S/C23H31NO3S/c1-6-26-19-11-9-16(13-20(19)27-7-2)24-22(25)18-14-28-21-12-15(23(3,4)5)8-10-17(18)21/h9,11,13-15H,6-8,10,12H2,1-5H3,(H,24,25). The van der Waals surface area contributed by atoms with Crippen molar-refractivity contribution in [3.05, 3.63) is 39.6 Å². The maximum Gasteiger partial charge on any atom is 0.256 e. The van der Waals surface area contributed by atoms with E-state index in [1.54, 1.807) is 11.3 Å². The molecular weight excluding hydrogens is 370 g/mol. The molecule has 5 heteroatoms. The molecule has 2 aromatic rings. The van der Waals surface area contributed by atoms with E-state index in [1.165, 1.54) is 10.4 Å². The molecule has 152 valence electrons. The van der Waals surface area contributed by atoms with Crippen molar-refractivity contribution in [2.45, 2.75) is 53.9 Å². The van der Waals surface area contributed by atoms with Gasteiger partial charge in [-0.1, -0.05) is 20.8 Å². The van der Waals surface area contributed by atoms with Gasteiger partial charge in [-0.2, -0.15) is 0 Å². The molecule has 0 saturated heterocycles. The molecule has 4 nitrogen and oxygen atoms in total. The van der Waals surface area contributed by atoms with Gasteiger partial charge in [0.1, 0.15) is 0 Å². The summed E-state index contributed by atoms with van der Waals surface area (Å²) in [5.41, 5.74) is 3.08. The number of carbonyl (C=O) groups excluding carboxylic acids is 1. The van der Waals surface area contributed by atoms with E-state index < -0.39 is 0 Å². The van der Waals surface area contributed by atoms with E-state index in [4.69, 9.17) is 9.47 Å². The SMILES string of the molecule is CCOc1ccc(NC(=O)c2csc3c2CCC(C(C)(C)C)C3)cc1OCC. The van der Waals surface area contributed by atoms with Crippen molar-refractivity contribution in [2.75, 3.05) is 18.5 Å². The van der Waals surface area contributed by atoms with Gasteiger partial charge in [-0.05, 0) is 62.1 Å². The monoisotopic (exact) mass is 401 g/mol. The summed E-state index contributed by atoms with van der Waals surface area (Å²) in [6, 6.07) is 5.54. The summed E-state index contributed by atoms with van der Waals surface area (Å²) in [5.74, 6) is 1.98. The van der Waals surface area contributed by atoms with E-state index in [2.05, 4.69) is 26.1 Å². The number of ether oxygens (including phenoxy) is 2. The van der Waals surface area contributed by atoms with Crippen molar-refractivity contribution in [3.63, 3.8) is 0 Å². The Kier molecular flexibility index (Phi) is 6.33. The van der Waals surface area contributed by atoms with E-state index in [-0.39, 0.29) is 5.91 Å². The zero-order valence-electron chi connectivity index (χ0n) is 17.6. The highest BCUT2D eigenvalue weighted by molar-refractivity contribution is 7.10. The summed E-state index contributed by atoms with van der Waals surface area (Å²) in [5, 5.41) is 5.05. The Morgan fingerprint density at radius 3 is 2.57 bits per heavy atom. The summed E-state index contributed by atoms with van der Waals surface area (Å²) in [4.78, 5) is 14.3. The molecule has 3 rings (SSSR count). The maximum atomic E-state index is 12.9. The lowest BCUT2D eigenvalue weighted by atomic mass is 9.72. The highest BCUT2D eigenvalue weighted by atomic mass is 32.1. The number of rotatable bonds is 6. The third kappa shape index (κ3) is 4.52. The second kappa shape index (κ2) is 8.56. The number of thiophene rings is 1. The third-order valence-electron chi connectivity index (χ3n) is 5.43. The lowest BCUT2D eigenvalue weighted by Gasteiger charge is -2.34. The Morgan fingerprint density at radius 1 is 1.18 bits per heavy atom. The van der Waals surface area contributed by atoms with Gasteiger partial charge in [-0.15, -0.1) is 11.3 Å². The fourth-order valence-electron chi connectivity index (χ4n) is 3.77. The van der Waals surface area contributed by atoms with Crippen LogP contribution in [0.5, 0.6) is 11.5 Å². The van der Waals surface area contributed by atoms with Crippen molar-refractivity contribution in [2.24, 2.45) is 11.3 Å². The van der Waals surface area contributed by atoms with Crippen LogP contribution in [-0.2, 0) is 12.8 Å². The zero-order chi connectivity index (χ0) is 20.3. The fourth-order valence-corrected chi connectivity index (χ4v) is 4.93. The minimum atomic E-state index is -0.0432. The van der Waals surface area contributed by atoms with Crippen LogP contribution in [0.15, 0.2) is 23.6 Å². The van der Waals surface area contributed by atoms with Gasteiger partial charge in [0, 0.05) is 22.0 Å². The molecule has 0 spiro atoms. The first kappa shape index (κ1) is 20.7. The van der Waals surface area contributed by atoms with Crippen molar-refractivity contribution in [1.82, 2.24) is 0 Å². The largest absolute Gasteiger partial charge is 0.490 e. The van der Waals surface area contributed by atoms with Gasteiger partial charge in [-0.3, -0.25) is 4.79 Å². The molecule has 0 fully saturated rings. The first-order chi connectivity index (χ1) is 13.3. The molecule has 1 aliphatic rings. The van der Waals surface area contributed by atoms with Crippen LogP contribution in [0, 0.1) is 11.3 Å². The van der Waals surface area contributed by atoms with Gasteiger partial charge in [0.05, 0.1) is 18.8 Å². The van der Waals surface area contributed by atoms with Gasteiger partial charge in [0.2, 0.25) is 0 Å². The molecule has 0 bridgehead atoms. The molecule has 0 aliphatic heterocycles. The highest BCUT2D eigenvalue weighted by Crippen LogP contribution is 2.41. The maximum absolute atomic E-state index is 12.9. The van der Waals surface area contributed by atoms with Crippen LogP contribution in [0.25, 0.3) is 0 Å².